The number of hydrogen-bond donors (Lipinski definition) is 1. The number of thiophene rings is 1. The van der Waals surface area contributed by atoms with Crippen molar-refractivity contribution in [1.82, 2.24) is 0 Å². The molecule has 1 aromatic heterocycles. The summed E-state index contributed by atoms with van der Waals surface area (Å²) in [7, 11) is 0. The number of rotatable bonds is 3. The molecule has 1 aliphatic carbocycles. The van der Waals surface area contributed by atoms with Gasteiger partial charge in [-0.05, 0) is 30.5 Å². The van der Waals surface area contributed by atoms with Crippen LogP contribution in [-0.4, -0.2) is 4.92 Å². The highest BCUT2D eigenvalue weighted by Crippen LogP contribution is 2.41. The molecular formula is C13H10ClFN2O2S. The van der Waals surface area contributed by atoms with E-state index in [0.29, 0.717) is 5.69 Å². The second-order valence-corrected chi connectivity index (χ2v) is 6.36. The lowest BCUT2D eigenvalue weighted by Crippen LogP contribution is -2.07. The Balaban J connectivity index is 1.82. The largest absolute Gasteiger partial charge is 0.378 e. The summed E-state index contributed by atoms with van der Waals surface area (Å²) in [6, 6.07) is 5.86. The Morgan fingerprint density at radius 2 is 2.25 bits per heavy atom. The van der Waals surface area contributed by atoms with Crippen LogP contribution < -0.4 is 5.32 Å². The van der Waals surface area contributed by atoms with Crippen LogP contribution >= 0.6 is 22.9 Å². The molecule has 0 fully saturated rings. The number of hydrogen-bond acceptors (Lipinski definition) is 4. The summed E-state index contributed by atoms with van der Waals surface area (Å²) in [5.74, 6) is -0.832. The lowest BCUT2D eigenvalue weighted by atomic mass is 10.1. The molecule has 0 aliphatic heterocycles. The second-order valence-electron chi connectivity index (χ2n) is 4.59. The normalized spacial score (nSPS) is 17.0. The molecule has 0 bridgehead atoms. The van der Waals surface area contributed by atoms with Crippen molar-refractivity contribution in [3.05, 3.63) is 55.0 Å². The Bertz CT molecular complexity index is 689. The van der Waals surface area contributed by atoms with Crippen LogP contribution in [0.4, 0.5) is 15.8 Å². The van der Waals surface area contributed by atoms with Gasteiger partial charge in [0.05, 0.1) is 15.3 Å². The molecule has 0 saturated carbocycles. The number of fused-ring (bicyclic) bond motifs is 1. The van der Waals surface area contributed by atoms with Crippen LogP contribution in [0.3, 0.4) is 0 Å². The maximum Gasteiger partial charge on any atom is 0.304 e. The zero-order valence-electron chi connectivity index (χ0n) is 10.2. The van der Waals surface area contributed by atoms with E-state index in [0.717, 1.165) is 28.8 Å². The monoisotopic (exact) mass is 312 g/mol. The third kappa shape index (κ3) is 2.36. The molecular weight excluding hydrogens is 303 g/mol. The molecule has 0 radical (unpaired) electrons. The van der Waals surface area contributed by atoms with Crippen molar-refractivity contribution in [2.24, 2.45) is 0 Å². The number of nitro benzene ring substituents is 1. The maximum absolute atomic E-state index is 13.6. The molecule has 104 valence electrons. The van der Waals surface area contributed by atoms with E-state index in [2.05, 4.69) is 5.32 Å². The number of aryl methyl sites for hydroxylation is 1. The summed E-state index contributed by atoms with van der Waals surface area (Å²) in [6.45, 7) is 0. The number of anilines is 1. The predicted octanol–water partition coefficient (Wildman–Crippen LogP) is 4.55. The first kappa shape index (κ1) is 13.3. The second kappa shape index (κ2) is 5.03. The first-order chi connectivity index (χ1) is 9.54. The lowest BCUT2D eigenvalue weighted by Gasteiger charge is -2.14. The van der Waals surface area contributed by atoms with E-state index in [1.54, 1.807) is 11.3 Å². The summed E-state index contributed by atoms with van der Waals surface area (Å²) < 4.78 is 14.3. The van der Waals surface area contributed by atoms with Crippen LogP contribution in [0.2, 0.25) is 4.34 Å². The zero-order valence-corrected chi connectivity index (χ0v) is 11.8. The number of benzene rings is 1. The Morgan fingerprint density at radius 3 is 2.95 bits per heavy atom. The molecule has 3 rings (SSSR count). The zero-order chi connectivity index (χ0) is 14.3. The predicted molar refractivity (Wildman–Crippen MR) is 77.1 cm³/mol. The molecule has 2 aromatic rings. The summed E-state index contributed by atoms with van der Waals surface area (Å²) in [4.78, 5) is 11.1. The standard InChI is InChI=1S/C13H10ClFN2O2S/c14-13-6-8-10(2-4-12(8)20-13)16-7-1-3-11(17(18)19)9(15)5-7/h1,3,5-6,10,16H,2,4H2. The fraction of sp³-hybridized carbons (Fsp3) is 0.231. The summed E-state index contributed by atoms with van der Waals surface area (Å²) >= 11 is 7.55. The Kier molecular flexibility index (Phi) is 3.35. The summed E-state index contributed by atoms with van der Waals surface area (Å²) in [5, 5.41) is 13.8. The molecule has 1 atom stereocenters. The quantitative estimate of drug-likeness (QED) is 0.668. The minimum Gasteiger partial charge on any atom is -0.378 e. The van der Waals surface area contributed by atoms with Crippen molar-refractivity contribution in [2.75, 3.05) is 5.32 Å². The number of nitrogens with zero attached hydrogens (tertiary/aromatic N) is 1. The first-order valence-corrected chi connectivity index (χ1v) is 7.22. The van der Waals surface area contributed by atoms with Gasteiger partial charge in [0.15, 0.2) is 0 Å². The highest BCUT2D eigenvalue weighted by Gasteiger charge is 2.25. The lowest BCUT2D eigenvalue weighted by molar-refractivity contribution is -0.387. The first-order valence-electron chi connectivity index (χ1n) is 6.03. The number of nitrogens with one attached hydrogen (secondary N) is 1. The van der Waals surface area contributed by atoms with E-state index in [9.17, 15) is 14.5 Å². The van der Waals surface area contributed by atoms with Crippen molar-refractivity contribution in [3.63, 3.8) is 0 Å². The third-order valence-corrected chi connectivity index (χ3v) is 4.67. The van der Waals surface area contributed by atoms with Gasteiger partial charge >= 0.3 is 5.69 Å². The van der Waals surface area contributed by atoms with E-state index >= 15 is 0 Å². The third-order valence-electron chi connectivity index (χ3n) is 3.33. The van der Waals surface area contributed by atoms with Crippen LogP contribution in [0.15, 0.2) is 24.3 Å². The molecule has 7 heteroatoms. The van der Waals surface area contributed by atoms with Gasteiger partial charge in [-0.25, -0.2) is 0 Å². The fourth-order valence-corrected chi connectivity index (χ4v) is 3.78. The highest BCUT2D eigenvalue weighted by molar-refractivity contribution is 7.16. The van der Waals surface area contributed by atoms with Crippen molar-refractivity contribution in [2.45, 2.75) is 18.9 Å². The summed E-state index contributed by atoms with van der Waals surface area (Å²) in [6.07, 6.45) is 1.86. The van der Waals surface area contributed by atoms with E-state index in [1.807, 2.05) is 6.07 Å². The molecule has 0 saturated heterocycles. The molecule has 1 aliphatic rings. The minimum absolute atomic E-state index is 0.0783. The smallest absolute Gasteiger partial charge is 0.304 e. The van der Waals surface area contributed by atoms with Crippen LogP contribution in [0.1, 0.15) is 22.9 Å². The fourth-order valence-electron chi connectivity index (χ4n) is 2.43. The molecule has 0 spiro atoms. The molecule has 20 heavy (non-hydrogen) atoms. The Morgan fingerprint density at radius 1 is 1.45 bits per heavy atom. The topological polar surface area (TPSA) is 55.2 Å². The van der Waals surface area contributed by atoms with Gasteiger partial charge < -0.3 is 5.32 Å². The van der Waals surface area contributed by atoms with Gasteiger partial charge in [0.1, 0.15) is 0 Å². The van der Waals surface area contributed by atoms with Gasteiger partial charge in [-0.2, -0.15) is 4.39 Å². The van der Waals surface area contributed by atoms with Crippen molar-refractivity contribution >= 4 is 34.3 Å². The van der Waals surface area contributed by atoms with E-state index in [1.165, 1.54) is 17.0 Å². The average molecular weight is 313 g/mol. The molecule has 1 aromatic carbocycles. The molecule has 1 N–H and O–H groups in total. The minimum atomic E-state index is -0.832. The SMILES string of the molecule is O=[N+]([O-])c1ccc(NC2CCc3sc(Cl)cc32)cc1F. The van der Waals surface area contributed by atoms with Gasteiger partial charge in [0.2, 0.25) is 5.82 Å². The number of halogens is 2. The van der Waals surface area contributed by atoms with Crippen LogP contribution in [0.5, 0.6) is 0 Å². The molecule has 1 unspecified atom stereocenters. The maximum atomic E-state index is 13.6. The van der Waals surface area contributed by atoms with Crippen LogP contribution in [-0.2, 0) is 6.42 Å². The van der Waals surface area contributed by atoms with E-state index in [4.69, 9.17) is 11.6 Å². The number of nitro groups is 1. The van der Waals surface area contributed by atoms with E-state index in [-0.39, 0.29) is 6.04 Å². The average Bonchev–Trinajstić information content (AvgIpc) is 2.90. The van der Waals surface area contributed by atoms with Gasteiger partial charge in [0, 0.05) is 22.7 Å². The van der Waals surface area contributed by atoms with E-state index < -0.39 is 16.4 Å². The van der Waals surface area contributed by atoms with Crippen LogP contribution in [0.25, 0.3) is 0 Å². The van der Waals surface area contributed by atoms with Crippen molar-refractivity contribution < 1.29 is 9.31 Å². The Labute approximate surface area is 123 Å². The van der Waals surface area contributed by atoms with Gasteiger partial charge in [0.25, 0.3) is 0 Å². The summed E-state index contributed by atoms with van der Waals surface area (Å²) in [5.41, 5.74) is 1.16. The highest BCUT2D eigenvalue weighted by atomic mass is 35.5. The van der Waals surface area contributed by atoms with Crippen molar-refractivity contribution in [1.29, 1.82) is 0 Å². The molecule has 1 heterocycles. The van der Waals surface area contributed by atoms with Gasteiger partial charge in [-0.15, -0.1) is 11.3 Å². The van der Waals surface area contributed by atoms with Crippen LogP contribution in [0, 0.1) is 15.9 Å². The molecule has 0 amide bonds. The van der Waals surface area contributed by atoms with Crippen molar-refractivity contribution in [3.8, 4) is 0 Å². The van der Waals surface area contributed by atoms with Gasteiger partial charge in [-0.3, -0.25) is 10.1 Å². The molecule has 4 nitrogen and oxygen atoms in total. The van der Waals surface area contributed by atoms with Gasteiger partial charge in [-0.1, -0.05) is 11.6 Å². The Hall–Kier alpha value is -1.66.